The Morgan fingerprint density at radius 1 is 1.75 bits per heavy atom. The minimum Gasteiger partial charge on any atom is -0.856 e. The van der Waals surface area contributed by atoms with Crippen LogP contribution in [0.5, 0.6) is 5.88 Å². The van der Waals surface area contributed by atoms with E-state index in [4.69, 9.17) is 5.73 Å². The summed E-state index contributed by atoms with van der Waals surface area (Å²) in [6.07, 6.45) is 0. The van der Waals surface area contributed by atoms with E-state index in [0.29, 0.717) is 0 Å². The molecule has 0 saturated carbocycles. The van der Waals surface area contributed by atoms with Gasteiger partial charge < -0.3 is 15.4 Å². The van der Waals surface area contributed by atoms with E-state index in [1.54, 1.807) is 0 Å². The summed E-state index contributed by atoms with van der Waals surface area (Å²) in [5, 5.41) is 13.0. The molecule has 8 heavy (non-hydrogen) atoms. The fourth-order valence-electron chi connectivity index (χ4n) is 0.272. The molecule has 5 heteroatoms. The van der Waals surface area contributed by atoms with Gasteiger partial charge in [-0.3, -0.25) is 0 Å². The van der Waals surface area contributed by atoms with E-state index < -0.39 is 5.88 Å². The van der Waals surface area contributed by atoms with E-state index >= 15 is 0 Å². The first-order valence-corrected chi connectivity index (χ1v) is 1.68. The predicted octanol–water partition coefficient (Wildman–Crippen LogP) is -3.67. The number of nitrogen functional groups attached to an aromatic ring is 1. The number of rotatable bonds is 0. The Hall–Kier alpha value is 0.446. The molecule has 1 rings (SSSR count). The van der Waals surface area contributed by atoms with Crippen LogP contribution in [0.1, 0.15) is 0 Å². The molecule has 0 aromatic carbocycles. The molecule has 4 nitrogen and oxygen atoms in total. The van der Waals surface area contributed by atoms with Gasteiger partial charge in [-0.2, -0.15) is 0 Å². The molecule has 0 amide bonds. The van der Waals surface area contributed by atoms with E-state index in [2.05, 4.69) is 9.68 Å². The molecule has 0 unspecified atom stereocenters. The van der Waals surface area contributed by atoms with Crippen molar-refractivity contribution < 1.29 is 61.0 Å². The molecular weight excluding hydrogens is 135 g/mol. The third-order valence-electron chi connectivity index (χ3n) is 0.507. The zero-order valence-corrected chi connectivity index (χ0v) is 7.54. The smallest absolute Gasteiger partial charge is 0.856 e. The molecule has 38 valence electrons. The SMILES string of the molecule is Nc1cc([O-])no1.[K+]. The number of aromatic nitrogens is 1. The van der Waals surface area contributed by atoms with Crippen molar-refractivity contribution in [3.05, 3.63) is 6.07 Å². The average Bonchev–Trinajstić information content (AvgIpc) is 1.87. The zero-order valence-electron chi connectivity index (χ0n) is 4.42. The summed E-state index contributed by atoms with van der Waals surface area (Å²) in [6.45, 7) is 0. The Morgan fingerprint density at radius 3 is 2.50 bits per heavy atom. The van der Waals surface area contributed by atoms with Gasteiger partial charge in [0.25, 0.3) is 0 Å². The van der Waals surface area contributed by atoms with Crippen LogP contribution in [-0.2, 0) is 0 Å². The molecule has 0 saturated heterocycles. The maximum Gasteiger partial charge on any atom is 1.00 e. The van der Waals surface area contributed by atoms with Gasteiger partial charge in [-0.25, -0.2) is 0 Å². The van der Waals surface area contributed by atoms with E-state index in [9.17, 15) is 5.11 Å². The van der Waals surface area contributed by atoms with Crippen LogP contribution in [0.15, 0.2) is 10.6 Å². The molecule has 0 aliphatic heterocycles. The number of nitrogens with zero attached hydrogens (tertiary/aromatic N) is 1. The molecule has 0 radical (unpaired) electrons. The first-order chi connectivity index (χ1) is 3.29. The molecule has 0 aliphatic carbocycles. The van der Waals surface area contributed by atoms with Gasteiger partial charge in [0.2, 0.25) is 5.88 Å². The van der Waals surface area contributed by atoms with E-state index in [0.717, 1.165) is 6.07 Å². The van der Waals surface area contributed by atoms with Gasteiger partial charge in [-0.05, 0) is 0 Å². The first-order valence-electron chi connectivity index (χ1n) is 1.68. The number of anilines is 1. The van der Waals surface area contributed by atoms with Crippen molar-refractivity contribution in [1.29, 1.82) is 0 Å². The van der Waals surface area contributed by atoms with Crippen LogP contribution in [0.4, 0.5) is 5.88 Å². The topological polar surface area (TPSA) is 75.1 Å². The summed E-state index contributed by atoms with van der Waals surface area (Å²) in [6, 6.07) is 1.11. The average molecular weight is 138 g/mol. The molecule has 0 bridgehead atoms. The van der Waals surface area contributed by atoms with Crippen LogP contribution in [0.2, 0.25) is 0 Å². The minimum absolute atomic E-state index is 0. The van der Waals surface area contributed by atoms with Gasteiger partial charge in [0, 0.05) is 11.9 Å². The predicted molar refractivity (Wildman–Crippen MR) is 20.4 cm³/mol. The summed E-state index contributed by atoms with van der Waals surface area (Å²) in [7, 11) is 0. The maximum absolute atomic E-state index is 10.0. The third kappa shape index (κ3) is 2.14. The van der Waals surface area contributed by atoms with Crippen LogP contribution in [-0.4, -0.2) is 5.16 Å². The van der Waals surface area contributed by atoms with E-state index in [1.165, 1.54) is 0 Å². The molecule has 1 aromatic rings. The largest absolute Gasteiger partial charge is 1.00 e. The van der Waals surface area contributed by atoms with Crippen molar-refractivity contribution in [2.75, 3.05) is 5.73 Å². The Balaban J connectivity index is 0.000000490. The van der Waals surface area contributed by atoms with Crippen molar-refractivity contribution in [1.82, 2.24) is 5.16 Å². The quantitative estimate of drug-likeness (QED) is 0.375. The van der Waals surface area contributed by atoms with Crippen LogP contribution in [0, 0.1) is 0 Å². The summed E-state index contributed by atoms with van der Waals surface area (Å²) in [5.74, 6) is -0.373. The molecule has 0 spiro atoms. The molecule has 2 N–H and O–H groups in total. The van der Waals surface area contributed by atoms with Gasteiger partial charge >= 0.3 is 51.4 Å². The van der Waals surface area contributed by atoms with E-state index in [1.807, 2.05) is 0 Å². The van der Waals surface area contributed by atoms with Crippen LogP contribution < -0.4 is 62.2 Å². The number of hydrogen-bond acceptors (Lipinski definition) is 4. The van der Waals surface area contributed by atoms with E-state index in [-0.39, 0.29) is 57.3 Å². The molecule has 1 heterocycles. The van der Waals surface area contributed by atoms with Crippen LogP contribution in [0.25, 0.3) is 0 Å². The van der Waals surface area contributed by atoms with Crippen molar-refractivity contribution >= 4 is 5.88 Å². The Bertz CT molecular complexity index is 148. The number of nitrogens with two attached hydrogens (primary N) is 1. The molecular formula is C3H3KN2O2. The third-order valence-corrected chi connectivity index (χ3v) is 0.507. The zero-order chi connectivity index (χ0) is 5.28. The monoisotopic (exact) mass is 138 g/mol. The minimum atomic E-state index is -0.433. The second-order valence-electron chi connectivity index (χ2n) is 1.07. The summed E-state index contributed by atoms with van der Waals surface area (Å²) >= 11 is 0. The Labute approximate surface area is 88.5 Å². The Morgan fingerprint density at radius 2 is 2.38 bits per heavy atom. The normalized spacial score (nSPS) is 8.00. The number of hydrogen-bond donors (Lipinski definition) is 1. The maximum atomic E-state index is 10.0. The van der Waals surface area contributed by atoms with Crippen molar-refractivity contribution in [2.24, 2.45) is 0 Å². The van der Waals surface area contributed by atoms with Crippen molar-refractivity contribution in [3.8, 4) is 5.88 Å². The van der Waals surface area contributed by atoms with Gasteiger partial charge in [0.15, 0.2) is 0 Å². The molecule has 1 aromatic heterocycles. The summed E-state index contributed by atoms with van der Waals surface area (Å²) in [4.78, 5) is 0. The molecule has 0 aliphatic rings. The fraction of sp³-hybridized carbons (Fsp3) is 0. The molecule has 0 atom stereocenters. The Kier molecular flexibility index (Phi) is 3.66. The van der Waals surface area contributed by atoms with Gasteiger partial charge in [-0.1, -0.05) is 5.16 Å². The second kappa shape index (κ2) is 3.47. The molecule has 0 fully saturated rings. The summed E-state index contributed by atoms with van der Waals surface area (Å²) in [5.41, 5.74) is 4.95. The van der Waals surface area contributed by atoms with Gasteiger partial charge in [-0.15, -0.1) is 0 Å². The van der Waals surface area contributed by atoms with Crippen molar-refractivity contribution in [3.63, 3.8) is 0 Å². The fourth-order valence-corrected chi connectivity index (χ4v) is 0.272. The van der Waals surface area contributed by atoms with Crippen molar-refractivity contribution in [2.45, 2.75) is 0 Å². The van der Waals surface area contributed by atoms with Crippen LogP contribution >= 0.6 is 0 Å². The first kappa shape index (κ1) is 8.45. The second-order valence-corrected chi connectivity index (χ2v) is 1.07. The standard InChI is InChI=1S/C3H4N2O2.K/c4-2-1-3(6)5-7-2;/h1H,4H2,(H,5,6);/q;+1/p-1. The van der Waals surface area contributed by atoms with Crippen LogP contribution in [0.3, 0.4) is 0 Å². The van der Waals surface area contributed by atoms with Gasteiger partial charge in [0.05, 0.1) is 0 Å². The summed E-state index contributed by atoms with van der Waals surface area (Å²) < 4.78 is 4.18. The van der Waals surface area contributed by atoms with Gasteiger partial charge in [0.1, 0.15) is 0 Å².